The fourth-order valence-corrected chi connectivity index (χ4v) is 2.82. The summed E-state index contributed by atoms with van der Waals surface area (Å²) in [4.78, 5) is 0. The number of aryl methyl sites for hydroxylation is 2. The molecule has 110 valence electrons. The second-order valence-corrected chi connectivity index (χ2v) is 5.36. The highest BCUT2D eigenvalue weighted by atomic mass is 15.3. The second kappa shape index (κ2) is 5.69. The van der Waals surface area contributed by atoms with Gasteiger partial charge < -0.3 is 5.32 Å². The van der Waals surface area contributed by atoms with E-state index < -0.39 is 0 Å². The van der Waals surface area contributed by atoms with Gasteiger partial charge in [-0.15, -0.1) is 0 Å². The van der Waals surface area contributed by atoms with E-state index in [1.807, 2.05) is 29.7 Å². The number of hydrogen-bond acceptors (Lipinski definition) is 3. The van der Waals surface area contributed by atoms with E-state index in [0.29, 0.717) is 0 Å². The summed E-state index contributed by atoms with van der Waals surface area (Å²) in [5, 5.41) is 13.8. The van der Waals surface area contributed by atoms with Crippen LogP contribution in [0.4, 0.5) is 0 Å². The number of nitrogens with one attached hydrogen (secondary N) is 1. The van der Waals surface area contributed by atoms with Crippen molar-refractivity contribution in [2.24, 2.45) is 14.1 Å². The first kappa shape index (κ1) is 13.8. The lowest BCUT2D eigenvalue weighted by Crippen LogP contribution is -2.23. The summed E-state index contributed by atoms with van der Waals surface area (Å²) in [6.45, 7) is 3.04. The van der Waals surface area contributed by atoms with Crippen LogP contribution in [0.1, 0.15) is 24.2 Å². The Hall–Kier alpha value is -2.14. The lowest BCUT2D eigenvalue weighted by molar-refractivity contribution is 0.531. The largest absolute Gasteiger partial charge is 0.309 e. The number of aromatic nitrogens is 4. The molecule has 0 aliphatic heterocycles. The van der Waals surface area contributed by atoms with Crippen molar-refractivity contribution in [3.8, 4) is 0 Å². The van der Waals surface area contributed by atoms with E-state index >= 15 is 0 Å². The van der Waals surface area contributed by atoms with Crippen molar-refractivity contribution in [3.63, 3.8) is 0 Å². The minimum absolute atomic E-state index is 0.199. The molecule has 2 aromatic heterocycles. The highest BCUT2D eigenvalue weighted by molar-refractivity contribution is 5.82. The van der Waals surface area contributed by atoms with Crippen LogP contribution in [0.3, 0.4) is 0 Å². The summed E-state index contributed by atoms with van der Waals surface area (Å²) in [6, 6.07) is 8.58. The van der Waals surface area contributed by atoms with Crippen molar-refractivity contribution < 1.29 is 0 Å². The lowest BCUT2D eigenvalue weighted by atomic mass is 10.0. The molecule has 0 amide bonds. The molecule has 1 N–H and O–H groups in total. The maximum atomic E-state index is 4.74. The van der Waals surface area contributed by atoms with Crippen molar-refractivity contribution >= 4 is 10.9 Å². The number of hydrogen-bond donors (Lipinski definition) is 1. The summed E-state index contributed by atoms with van der Waals surface area (Å²) in [5.41, 5.74) is 3.50. The third-order valence-corrected chi connectivity index (χ3v) is 3.77. The van der Waals surface area contributed by atoms with Crippen LogP contribution in [0.15, 0.2) is 36.7 Å². The Morgan fingerprint density at radius 3 is 2.76 bits per heavy atom. The average molecular weight is 283 g/mol. The Labute approximate surface area is 124 Å². The van der Waals surface area contributed by atoms with Crippen LogP contribution in [0.25, 0.3) is 10.9 Å². The molecule has 5 heteroatoms. The van der Waals surface area contributed by atoms with Gasteiger partial charge in [0.1, 0.15) is 0 Å². The first-order chi connectivity index (χ1) is 10.2. The van der Waals surface area contributed by atoms with E-state index in [4.69, 9.17) is 5.10 Å². The maximum Gasteiger partial charge on any atom is 0.0875 e. The van der Waals surface area contributed by atoms with Crippen LogP contribution in [0, 0.1) is 0 Å². The van der Waals surface area contributed by atoms with Gasteiger partial charge in [-0.2, -0.15) is 10.2 Å². The smallest absolute Gasteiger partial charge is 0.0875 e. The van der Waals surface area contributed by atoms with Gasteiger partial charge in [-0.05, 0) is 24.6 Å². The van der Waals surface area contributed by atoms with E-state index in [1.165, 1.54) is 16.5 Å². The molecule has 3 aromatic rings. The molecule has 0 fully saturated rings. The summed E-state index contributed by atoms with van der Waals surface area (Å²) >= 11 is 0. The minimum Gasteiger partial charge on any atom is -0.309 e. The molecular formula is C16H21N5. The van der Waals surface area contributed by atoms with Gasteiger partial charge in [0.15, 0.2) is 0 Å². The van der Waals surface area contributed by atoms with Crippen LogP contribution >= 0.6 is 0 Å². The Balaban J connectivity index is 1.99. The molecule has 0 radical (unpaired) electrons. The van der Waals surface area contributed by atoms with Crippen LogP contribution < -0.4 is 5.32 Å². The van der Waals surface area contributed by atoms with Crippen LogP contribution in [0.5, 0.6) is 0 Å². The van der Waals surface area contributed by atoms with E-state index in [-0.39, 0.29) is 6.04 Å². The molecule has 5 nitrogen and oxygen atoms in total. The number of likely N-dealkylation sites (N-methyl/N-ethyl adjacent to an activating group) is 1. The molecule has 1 atom stereocenters. The number of benzene rings is 1. The van der Waals surface area contributed by atoms with E-state index in [9.17, 15) is 0 Å². The van der Waals surface area contributed by atoms with Crippen molar-refractivity contribution in [1.29, 1.82) is 0 Å². The summed E-state index contributed by atoms with van der Waals surface area (Å²) < 4.78 is 3.80. The predicted octanol–water partition coefficient (Wildman–Crippen LogP) is 2.20. The zero-order valence-corrected chi connectivity index (χ0v) is 12.7. The van der Waals surface area contributed by atoms with Gasteiger partial charge >= 0.3 is 0 Å². The van der Waals surface area contributed by atoms with Crippen LogP contribution in [-0.2, 0) is 20.5 Å². The highest BCUT2D eigenvalue weighted by Crippen LogP contribution is 2.25. The molecule has 2 heterocycles. The Kier molecular flexibility index (Phi) is 3.75. The summed E-state index contributed by atoms with van der Waals surface area (Å²) in [6.07, 6.45) is 4.88. The van der Waals surface area contributed by atoms with E-state index in [1.54, 1.807) is 0 Å². The molecule has 0 bridgehead atoms. The monoisotopic (exact) mass is 283 g/mol. The van der Waals surface area contributed by atoms with Gasteiger partial charge in [-0.1, -0.05) is 25.1 Å². The molecule has 0 spiro atoms. The standard InChI is InChI=1S/C16H21N5/c1-4-17-14(9-12-10-18-20(2)11-12)16-13-7-5-6-8-15(13)21(3)19-16/h5-8,10-11,14,17H,4,9H2,1-3H3. The zero-order chi connectivity index (χ0) is 14.8. The normalized spacial score (nSPS) is 12.9. The first-order valence-electron chi connectivity index (χ1n) is 7.31. The number of nitrogens with zero attached hydrogens (tertiary/aromatic N) is 4. The molecule has 1 unspecified atom stereocenters. The number of fused-ring (bicyclic) bond motifs is 1. The average Bonchev–Trinajstić information content (AvgIpc) is 3.03. The van der Waals surface area contributed by atoms with Crippen LogP contribution in [-0.4, -0.2) is 26.1 Å². The molecule has 1 aromatic carbocycles. The van der Waals surface area contributed by atoms with Gasteiger partial charge in [-0.3, -0.25) is 9.36 Å². The minimum atomic E-state index is 0.199. The van der Waals surface area contributed by atoms with Crippen LogP contribution in [0.2, 0.25) is 0 Å². The fraction of sp³-hybridized carbons (Fsp3) is 0.375. The van der Waals surface area contributed by atoms with Gasteiger partial charge in [0, 0.05) is 25.7 Å². The van der Waals surface area contributed by atoms with Gasteiger partial charge in [0.05, 0.1) is 23.4 Å². The quantitative estimate of drug-likeness (QED) is 0.781. The second-order valence-electron chi connectivity index (χ2n) is 5.36. The van der Waals surface area contributed by atoms with Gasteiger partial charge in [-0.25, -0.2) is 0 Å². The fourth-order valence-electron chi connectivity index (χ4n) is 2.82. The predicted molar refractivity (Wildman–Crippen MR) is 84.0 cm³/mol. The van der Waals surface area contributed by atoms with Gasteiger partial charge in [0.2, 0.25) is 0 Å². The molecular weight excluding hydrogens is 262 g/mol. The zero-order valence-electron chi connectivity index (χ0n) is 12.7. The number of rotatable bonds is 5. The molecule has 0 aliphatic rings. The Bertz CT molecular complexity index is 740. The van der Waals surface area contributed by atoms with Crippen molar-refractivity contribution in [1.82, 2.24) is 24.9 Å². The first-order valence-corrected chi connectivity index (χ1v) is 7.31. The van der Waals surface area contributed by atoms with Crippen molar-refractivity contribution in [3.05, 3.63) is 47.9 Å². The molecule has 0 saturated heterocycles. The van der Waals surface area contributed by atoms with Crippen molar-refractivity contribution in [2.45, 2.75) is 19.4 Å². The maximum absolute atomic E-state index is 4.74. The Morgan fingerprint density at radius 2 is 2.05 bits per heavy atom. The molecule has 0 saturated carbocycles. The molecule has 21 heavy (non-hydrogen) atoms. The topological polar surface area (TPSA) is 47.7 Å². The van der Waals surface area contributed by atoms with E-state index in [2.05, 4.69) is 47.8 Å². The van der Waals surface area contributed by atoms with E-state index in [0.717, 1.165) is 18.7 Å². The Morgan fingerprint density at radius 1 is 1.24 bits per heavy atom. The number of para-hydroxylation sites is 1. The third kappa shape index (κ3) is 2.69. The van der Waals surface area contributed by atoms with Crippen molar-refractivity contribution in [2.75, 3.05) is 6.54 Å². The van der Waals surface area contributed by atoms with Gasteiger partial charge in [0.25, 0.3) is 0 Å². The third-order valence-electron chi connectivity index (χ3n) is 3.77. The summed E-state index contributed by atoms with van der Waals surface area (Å²) in [5.74, 6) is 0. The molecule has 3 rings (SSSR count). The SMILES string of the molecule is CCNC(Cc1cnn(C)c1)c1nn(C)c2ccccc12. The summed E-state index contributed by atoms with van der Waals surface area (Å²) in [7, 11) is 3.95. The lowest BCUT2D eigenvalue weighted by Gasteiger charge is -2.15. The molecule has 0 aliphatic carbocycles. The highest BCUT2D eigenvalue weighted by Gasteiger charge is 2.19.